The van der Waals surface area contributed by atoms with Gasteiger partial charge in [-0.05, 0) is 43.1 Å². The van der Waals surface area contributed by atoms with Gasteiger partial charge in [0.05, 0.1) is 5.60 Å². The molecule has 0 heterocycles. The lowest BCUT2D eigenvalue weighted by Gasteiger charge is -2.45. The summed E-state index contributed by atoms with van der Waals surface area (Å²) in [5.41, 5.74) is -0.418. The third kappa shape index (κ3) is 4.47. The maximum atomic E-state index is 10.3. The number of hydrogen-bond donors (Lipinski definition) is 2. The van der Waals surface area contributed by atoms with Crippen molar-refractivity contribution in [3.8, 4) is 0 Å². The normalized spacial score (nSPS) is 29.1. The average molecular weight is 263 g/mol. The molecule has 2 nitrogen and oxygen atoms in total. The second-order valence-electron chi connectivity index (χ2n) is 4.31. The van der Waals surface area contributed by atoms with Gasteiger partial charge in [0.1, 0.15) is 0 Å². The van der Waals surface area contributed by atoms with E-state index in [0.29, 0.717) is 5.25 Å². The molecule has 4 heteroatoms. The minimum absolute atomic E-state index is 0.418. The van der Waals surface area contributed by atoms with Gasteiger partial charge in [-0.2, -0.15) is 23.5 Å². The summed E-state index contributed by atoms with van der Waals surface area (Å²) in [4.78, 5) is 0. The van der Waals surface area contributed by atoms with Gasteiger partial charge in [0.2, 0.25) is 0 Å². The Kier molecular flexibility index (Phi) is 7.20. The monoisotopic (exact) mass is 263 g/mol. The molecular formula is C12H25NOS2. The first kappa shape index (κ1) is 14.7. The van der Waals surface area contributed by atoms with Crippen LogP contribution in [0.25, 0.3) is 0 Å². The van der Waals surface area contributed by atoms with E-state index in [2.05, 4.69) is 19.2 Å². The van der Waals surface area contributed by atoms with Crippen molar-refractivity contribution >= 4 is 23.5 Å². The van der Waals surface area contributed by atoms with Crippen molar-refractivity contribution in [3.05, 3.63) is 0 Å². The first-order valence-corrected chi connectivity index (χ1v) is 8.55. The molecule has 0 amide bonds. The Hall–Kier alpha value is 0.620. The van der Waals surface area contributed by atoms with Crippen LogP contribution in [0.1, 0.15) is 33.1 Å². The van der Waals surface area contributed by atoms with Crippen molar-refractivity contribution in [2.45, 2.75) is 44.0 Å². The average Bonchev–Trinajstić information content (AvgIpc) is 2.29. The van der Waals surface area contributed by atoms with E-state index in [-0.39, 0.29) is 0 Å². The number of rotatable bonds is 9. The van der Waals surface area contributed by atoms with Crippen LogP contribution < -0.4 is 5.32 Å². The molecular weight excluding hydrogens is 238 g/mol. The van der Waals surface area contributed by atoms with Crippen LogP contribution in [0.15, 0.2) is 0 Å². The number of nitrogens with one attached hydrogen (secondary N) is 1. The molecule has 2 atom stereocenters. The molecule has 16 heavy (non-hydrogen) atoms. The molecule has 2 N–H and O–H groups in total. The lowest BCUT2D eigenvalue weighted by molar-refractivity contribution is -0.0230. The minimum Gasteiger partial charge on any atom is -0.387 e. The maximum Gasteiger partial charge on any atom is 0.0889 e. The summed E-state index contributed by atoms with van der Waals surface area (Å²) in [6, 6.07) is 0. The highest BCUT2D eigenvalue weighted by molar-refractivity contribution is 8.00. The first-order valence-electron chi connectivity index (χ1n) is 6.35. The van der Waals surface area contributed by atoms with Gasteiger partial charge < -0.3 is 10.4 Å². The first-order chi connectivity index (χ1) is 7.73. The Labute approximate surface area is 108 Å². The van der Waals surface area contributed by atoms with Crippen molar-refractivity contribution in [1.29, 1.82) is 0 Å². The lowest BCUT2D eigenvalue weighted by atomic mass is 9.79. The second kappa shape index (κ2) is 7.85. The fourth-order valence-electron chi connectivity index (χ4n) is 1.99. The second-order valence-corrected chi connectivity index (χ2v) is 7.19. The molecule has 0 aromatic carbocycles. The molecule has 1 fully saturated rings. The van der Waals surface area contributed by atoms with E-state index >= 15 is 0 Å². The van der Waals surface area contributed by atoms with Crippen LogP contribution in [0.5, 0.6) is 0 Å². The highest BCUT2D eigenvalue weighted by atomic mass is 32.2. The topological polar surface area (TPSA) is 32.3 Å². The maximum absolute atomic E-state index is 10.3. The third-order valence-electron chi connectivity index (χ3n) is 3.08. The lowest BCUT2D eigenvalue weighted by Crippen LogP contribution is -2.56. The van der Waals surface area contributed by atoms with E-state index in [1.165, 1.54) is 24.3 Å². The van der Waals surface area contributed by atoms with Gasteiger partial charge in [-0.1, -0.05) is 13.8 Å². The molecule has 2 unspecified atom stereocenters. The zero-order chi connectivity index (χ0) is 11.9. The van der Waals surface area contributed by atoms with Crippen LogP contribution >= 0.6 is 23.5 Å². The van der Waals surface area contributed by atoms with Gasteiger partial charge in [-0.25, -0.2) is 0 Å². The smallest absolute Gasteiger partial charge is 0.0889 e. The van der Waals surface area contributed by atoms with E-state index in [4.69, 9.17) is 0 Å². The van der Waals surface area contributed by atoms with Gasteiger partial charge in [0, 0.05) is 11.8 Å². The molecule has 0 aromatic heterocycles. The molecule has 0 bridgehead atoms. The predicted molar refractivity (Wildman–Crippen MR) is 76.6 cm³/mol. The highest BCUT2D eigenvalue weighted by Crippen LogP contribution is 2.40. The summed E-state index contributed by atoms with van der Waals surface area (Å²) in [5, 5.41) is 14.2. The Bertz CT molecular complexity index is 192. The molecule has 1 rings (SSSR count). The minimum atomic E-state index is -0.418. The Morgan fingerprint density at radius 2 is 2.19 bits per heavy atom. The van der Waals surface area contributed by atoms with Crippen molar-refractivity contribution in [2.75, 3.05) is 30.3 Å². The zero-order valence-corrected chi connectivity index (χ0v) is 12.1. The van der Waals surface area contributed by atoms with E-state index in [0.717, 1.165) is 25.3 Å². The molecule has 0 aliphatic heterocycles. The van der Waals surface area contributed by atoms with E-state index in [1.54, 1.807) is 0 Å². The Balaban J connectivity index is 2.03. The predicted octanol–water partition coefficient (Wildman–Crippen LogP) is 2.37. The summed E-state index contributed by atoms with van der Waals surface area (Å²) < 4.78 is 0. The Morgan fingerprint density at radius 3 is 2.75 bits per heavy atom. The fraction of sp³-hybridized carbons (Fsp3) is 1.00. The van der Waals surface area contributed by atoms with Crippen LogP contribution in [-0.2, 0) is 0 Å². The van der Waals surface area contributed by atoms with Crippen LogP contribution in [0, 0.1) is 0 Å². The summed E-state index contributed by atoms with van der Waals surface area (Å²) >= 11 is 3.89. The van der Waals surface area contributed by atoms with Gasteiger partial charge in [-0.15, -0.1) is 0 Å². The molecule has 1 saturated carbocycles. The quantitative estimate of drug-likeness (QED) is 0.626. The van der Waals surface area contributed by atoms with Crippen molar-refractivity contribution < 1.29 is 5.11 Å². The van der Waals surface area contributed by atoms with Crippen LogP contribution in [0.3, 0.4) is 0 Å². The molecule has 0 spiro atoms. The van der Waals surface area contributed by atoms with Crippen LogP contribution in [0.4, 0.5) is 0 Å². The van der Waals surface area contributed by atoms with Crippen LogP contribution in [-0.4, -0.2) is 46.3 Å². The van der Waals surface area contributed by atoms with E-state index in [9.17, 15) is 5.11 Å². The molecule has 1 aliphatic rings. The van der Waals surface area contributed by atoms with Gasteiger partial charge in [-0.3, -0.25) is 0 Å². The molecule has 96 valence electrons. The number of aliphatic hydroxyl groups is 1. The molecule has 0 saturated heterocycles. The summed E-state index contributed by atoms with van der Waals surface area (Å²) in [6.45, 7) is 6.18. The third-order valence-corrected chi connectivity index (χ3v) is 5.48. The SMILES string of the molecule is CCSCCCNCC1(O)CCC1SCC. The zero-order valence-electron chi connectivity index (χ0n) is 10.5. The summed E-state index contributed by atoms with van der Waals surface area (Å²) in [5.74, 6) is 3.55. The summed E-state index contributed by atoms with van der Waals surface area (Å²) in [6.07, 6.45) is 3.37. The van der Waals surface area contributed by atoms with Crippen molar-refractivity contribution in [2.24, 2.45) is 0 Å². The number of thioether (sulfide) groups is 2. The number of hydrogen-bond acceptors (Lipinski definition) is 4. The molecule has 0 radical (unpaired) electrons. The largest absolute Gasteiger partial charge is 0.387 e. The highest BCUT2D eigenvalue weighted by Gasteiger charge is 2.44. The van der Waals surface area contributed by atoms with Crippen molar-refractivity contribution in [3.63, 3.8) is 0 Å². The van der Waals surface area contributed by atoms with Gasteiger partial charge >= 0.3 is 0 Å². The molecule has 0 aromatic rings. The van der Waals surface area contributed by atoms with Gasteiger partial charge in [0.15, 0.2) is 0 Å². The molecule has 1 aliphatic carbocycles. The summed E-state index contributed by atoms with van der Waals surface area (Å²) in [7, 11) is 0. The van der Waals surface area contributed by atoms with E-state index < -0.39 is 5.60 Å². The van der Waals surface area contributed by atoms with Crippen LogP contribution in [0.2, 0.25) is 0 Å². The Morgan fingerprint density at radius 1 is 1.38 bits per heavy atom. The van der Waals surface area contributed by atoms with E-state index in [1.807, 2.05) is 23.5 Å². The standard InChI is InChI=1S/C12H25NOS2/c1-3-15-9-5-8-13-10-12(14)7-6-11(12)16-4-2/h11,13-14H,3-10H2,1-2H3. The van der Waals surface area contributed by atoms with Crippen molar-refractivity contribution in [1.82, 2.24) is 5.32 Å². The fourth-order valence-corrected chi connectivity index (χ4v) is 3.82. The van der Waals surface area contributed by atoms with Gasteiger partial charge in [0.25, 0.3) is 0 Å².